The number of ketones is 2. The smallest absolute Gasteiger partial charge is 0.333 e. The Labute approximate surface area is 135 Å². The van der Waals surface area contributed by atoms with E-state index in [-0.39, 0.29) is 37.1 Å². The lowest BCUT2D eigenvalue weighted by Crippen LogP contribution is -2.21. The summed E-state index contributed by atoms with van der Waals surface area (Å²) in [4.78, 5) is 34.4. The number of esters is 1. The van der Waals surface area contributed by atoms with Gasteiger partial charge in [0.15, 0.2) is 0 Å². The molecule has 2 rings (SSSR count). The van der Waals surface area contributed by atoms with E-state index < -0.39 is 5.97 Å². The van der Waals surface area contributed by atoms with Crippen LogP contribution in [-0.4, -0.2) is 30.7 Å². The Morgan fingerprint density at radius 1 is 1.22 bits per heavy atom. The highest BCUT2D eigenvalue weighted by Gasteiger charge is 2.26. The molecule has 1 aliphatic carbocycles. The second-order valence-corrected chi connectivity index (χ2v) is 5.70. The fourth-order valence-corrected chi connectivity index (χ4v) is 2.50. The predicted octanol–water partition coefficient (Wildman–Crippen LogP) is 2.59. The van der Waals surface area contributed by atoms with Crippen LogP contribution in [0.25, 0.3) is 0 Å². The molecule has 0 saturated heterocycles. The highest BCUT2D eigenvalue weighted by molar-refractivity contribution is 6.02. The van der Waals surface area contributed by atoms with E-state index in [1.807, 2.05) is 18.2 Å². The summed E-state index contributed by atoms with van der Waals surface area (Å²) in [5, 5.41) is 0. The van der Waals surface area contributed by atoms with Crippen LogP contribution in [0.4, 0.5) is 0 Å². The number of ether oxygens (including phenoxy) is 2. The van der Waals surface area contributed by atoms with Crippen molar-refractivity contribution in [2.24, 2.45) is 0 Å². The first-order valence-electron chi connectivity index (χ1n) is 7.54. The third kappa shape index (κ3) is 5.06. The fourth-order valence-electron chi connectivity index (χ4n) is 2.50. The molecule has 23 heavy (non-hydrogen) atoms. The molecule has 0 unspecified atom stereocenters. The van der Waals surface area contributed by atoms with E-state index in [0.717, 1.165) is 5.56 Å². The second kappa shape index (κ2) is 7.72. The molecule has 5 heteroatoms. The first-order chi connectivity index (χ1) is 11.0. The van der Waals surface area contributed by atoms with Crippen molar-refractivity contribution in [2.75, 3.05) is 13.2 Å². The third-order valence-electron chi connectivity index (χ3n) is 3.61. The molecule has 1 aliphatic rings. The highest BCUT2D eigenvalue weighted by Crippen LogP contribution is 2.31. The lowest BCUT2D eigenvalue weighted by Gasteiger charge is -2.20. The van der Waals surface area contributed by atoms with Gasteiger partial charge in [-0.3, -0.25) is 9.59 Å². The van der Waals surface area contributed by atoms with Crippen molar-refractivity contribution < 1.29 is 23.9 Å². The van der Waals surface area contributed by atoms with Crippen LogP contribution < -0.4 is 4.74 Å². The van der Waals surface area contributed by atoms with Gasteiger partial charge in [0.2, 0.25) is 0 Å². The molecular weight excluding hydrogens is 296 g/mol. The van der Waals surface area contributed by atoms with Crippen LogP contribution in [0.15, 0.2) is 36.4 Å². The van der Waals surface area contributed by atoms with Gasteiger partial charge in [0.25, 0.3) is 0 Å². The van der Waals surface area contributed by atoms with Crippen molar-refractivity contribution in [2.45, 2.75) is 32.1 Å². The minimum absolute atomic E-state index is 0.00993. The third-order valence-corrected chi connectivity index (χ3v) is 3.61. The zero-order valence-corrected chi connectivity index (χ0v) is 13.2. The van der Waals surface area contributed by atoms with E-state index >= 15 is 0 Å². The van der Waals surface area contributed by atoms with Gasteiger partial charge in [-0.05, 0) is 30.5 Å². The lowest BCUT2D eigenvalue weighted by molar-refractivity contribution is -0.139. The molecule has 1 aromatic rings. The molecule has 1 aromatic carbocycles. The standard InChI is InChI=1S/C18H20O5/c1-12(2)18(21)23-7-6-22-17-5-3-4-13(10-17)14-8-15(19)11-16(20)9-14/h3-5,10,14H,1,6-9,11H2,2H3. The normalized spacial score (nSPS) is 15.3. The Balaban J connectivity index is 1.89. The first kappa shape index (κ1) is 16.9. The number of Topliss-reactive ketones (excluding diaryl/α,β-unsaturated/α-hetero) is 2. The van der Waals surface area contributed by atoms with Gasteiger partial charge in [-0.25, -0.2) is 4.79 Å². The summed E-state index contributed by atoms with van der Waals surface area (Å²) in [7, 11) is 0. The Morgan fingerprint density at radius 2 is 1.91 bits per heavy atom. The van der Waals surface area contributed by atoms with Crippen molar-refractivity contribution in [3.8, 4) is 5.75 Å². The minimum Gasteiger partial charge on any atom is -0.490 e. The zero-order chi connectivity index (χ0) is 16.8. The largest absolute Gasteiger partial charge is 0.490 e. The highest BCUT2D eigenvalue weighted by atomic mass is 16.6. The quantitative estimate of drug-likeness (QED) is 0.349. The maximum atomic E-state index is 11.6. The minimum atomic E-state index is -0.443. The predicted molar refractivity (Wildman–Crippen MR) is 84.3 cm³/mol. The summed E-state index contributed by atoms with van der Waals surface area (Å²) >= 11 is 0. The maximum absolute atomic E-state index is 11.6. The molecule has 0 aliphatic heterocycles. The number of hydrogen-bond donors (Lipinski definition) is 0. The van der Waals surface area contributed by atoms with Crippen LogP contribution in [0, 0.1) is 0 Å². The zero-order valence-electron chi connectivity index (χ0n) is 13.2. The number of carbonyl (C=O) groups is 3. The average Bonchev–Trinajstić information content (AvgIpc) is 2.50. The summed E-state index contributed by atoms with van der Waals surface area (Å²) in [6.07, 6.45) is 0.845. The first-order valence-corrected chi connectivity index (χ1v) is 7.54. The molecule has 0 N–H and O–H groups in total. The van der Waals surface area contributed by atoms with Gasteiger partial charge < -0.3 is 9.47 Å². The van der Waals surface area contributed by atoms with Gasteiger partial charge in [-0.15, -0.1) is 0 Å². The van der Waals surface area contributed by atoms with Gasteiger partial charge in [-0.1, -0.05) is 18.7 Å². The molecule has 5 nitrogen and oxygen atoms in total. The number of hydrogen-bond acceptors (Lipinski definition) is 5. The lowest BCUT2D eigenvalue weighted by atomic mass is 9.82. The van der Waals surface area contributed by atoms with Gasteiger partial charge in [0.1, 0.15) is 30.5 Å². The molecule has 122 valence electrons. The molecule has 0 heterocycles. The molecular formula is C18H20O5. The Hall–Kier alpha value is -2.43. The van der Waals surface area contributed by atoms with Gasteiger partial charge in [0.05, 0.1) is 6.42 Å². The van der Waals surface area contributed by atoms with Crippen molar-refractivity contribution in [3.63, 3.8) is 0 Å². The van der Waals surface area contributed by atoms with Crippen LogP contribution in [0.2, 0.25) is 0 Å². The fraction of sp³-hybridized carbons (Fsp3) is 0.389. The molecule has 0 bridgehead atoms. The van der Waals surface area contributed by atoms with Gasteiger partial charge in [-0.2, -0.15) is 0 Å². The summed E-state index contributed by atoms with van der Waals surface area (Å²) in [5.41, 5.74) is 1.27. The van der Waals surface area contributed by atoms with Crippen molar-refractivity contribution in [1.29, 1.82) is 0 Å². The monoisotopic (exact) mass is 316 g/mol. The molecule has 1 fully saturated rings. The van der Waals surface area contributed by atoms with Gasteiger partial charge in [0, 0.05) is 18.4 Å². The molecule has 0 spiro atoms. The Kier molecular flexibility index (Phi) is 5.68. The molecule has 1 saturated carbocycles. The molecule has 0 radical (unpaired) electrons. The summed E-state index contributed by atoms with van der Waals surface area (Å²) in [5.74, 6) is 0.0861. The van der Waals surface area contributed by atoms with Crippen molar-refractivity contribution in [1.82, 2.24) is 0 Å². The maximum Gasteiger partial charge on any atom is 0.333 e. The Bertz CT molecular complexity index is 616. The van der Waals surface area contributed by atoms with Crippen LogP contribution in [0.3, 0.4) is 0 Å². The average molecular weight is 316 g/mol. The molecule has 0 amide bonds. The summed E-state index contributed by atoms with van der Waals surface area (Å²) in [6.45, 7) is 5.44. The summed E-state index contributed by atoms with van der Waals surface area (Å²) < 4.78 is 10.5. The van der Waals surface area contributed by atoms with E-state index in [4.69, 9.17) is 9.47 Å². The van der Waals surface area contributed by atoms with Crippen LogP contribution in [0.5, 0.6) is 5.75 Å². The SMILES string of the molecule is C=C(C)C(=O)OCCOc1cccc(C2CC(=O)CC(=O)C2)c1. The number of benzene rings is 1. The van der Waals surface area contributed by atoms with Crippen molar-refractivity contribution >= 4 is 17.5 Å². The molecule has 0 aromatic heterocycles. The van der Waals surface area contributed by atoms with Crippen LogP contribution in [0.1, 0.15) is 37.7 Å². The molecule has 0 atom stereocenters. The van der Waals surface area contributed by atoms with Crippen LogP contribution >= 0.6 is 0 Å². The second-order valence-electron chi connectivity index (χ2n) is 5.70. The van der Waals surface area contributed by atoms with E-state index in [9.17, 15) is 14.4 Å². The Morgan fingerprint density at radius 3 is 2.57 bits per heavy atom. The van der Waals surface area contributed by atoms with Crippen molar-refractivity contribution in [3.05, 3.63) is 42.0 Å². The number of carbonyl (C=O) groups excluding carboxylic acids is 3. The van der Waals surface area contributed by atoms with E-state index in [1.54, 1.807) is 13.0 Å². The van der Waals surface area contributed by atoms with Crippen LogP contribution in [-0.2, 0) is 19.1 Å². The number of rotatable bonds is 6. The topological polar surface area (TPSA) is 69.7 Å². The van der Waals surface area contributed by atoms with E-state index in [2.05, 4.69) is 6.58 Å². The van der Waals surface area contributed by atoms with E-state index in [0.29, 0.717) is 24.2 Å². The van der Waals surface area contributed by atoms with Gasteiger partial charge >= 0.3 is 5.97 Å². The summed E-state index contributed by atoms with van der Waals surface area (Å²) in [6, 6.07) is 7.34. The van der Waals surface area contributed by atoms with E-state index in [1.165, 1.54) is 0 Å².